The number of aliphatic hydroxyl groups excluding tert-OH is 1. The van der Waals surface area contributed by atoms with Crippen molar-refractivity contribution in [2.24, 2.45) is 0 Å². The van der Waals surface area contributed by atoms with Crippen molar-refractivity contribution in [1.29, 1.82) is 0 Å². The average Bonchev–Trinajstić information content (AvgIpc) is 3.16. The van der Waals surface area contributed by atoms with Crippen molar-refractivity contribution >= 4 is 15.9 Å². The molecule has 1 spiro atoms. The summed E-state index contributed by atoms with van der Waals surface area (Å²) >= 11 is 0. The quantitative estimate of drug-likeness (QED) is 0.816. The van der Waals surface area contributed by atoms with Gasteiger partial charge in [-0.1, -0.05) is 0 Å². The van der Waals surface area contributed by atoms with Gasteiger partial charge in [0.05, 0.1) is 29.7 Å². The van der Waals surface area contributed by atoms with Gasteiger partial charge in [0.15, 0.2) is 0 Å². The molecule has 1 N–H and O–H groups in total. The normalized spacial score (nSPS) is 28.6. The van der Waals surface area contributed by atoms with Crippen LogP contribution < -0.4 is 0 Å². The maximum Gasteiger partial charge on any atom is 0.257 e. The number of likely N-dealkylation sites (tertiary alicyclic amines) is 1. The number of carbonyl (C=O) groups excluding carboxylic acids is 1. The Labute approximate surface area is 142 Å². The van der Waals surface area contributed by atoms with E-state index in [9.17, 15) is 18.3 Å². The molecule has 134 valence electrons. The molecule has 1 aromatic heterocycles. The first-order chi connectivity index (χ1) is 11.3. The summed E-state index contributed by atoms with van der Waals surface area (Å²) in [6, 6.07) is 0. The van der Waals surface area contributed by atoms with Crippen LogP contribution in [0.1, 0.15) is 36.5 Å². The molecule has 0 bridgehead atoms. The van der Waals surface area contributed by atoms with Crippen molar-refractivity contribution < 1.29 is 18.3 Å². The van der Waals surface area contributed by atoms with E-state index >= 15 is 0 Å². The fraction of sp³-hybridized carbons (Fsp3) is 0.733. The van der Waals surface area contributed by atoms with Crippen LogP contribution in [0.25, 0.3) is 0 Å². The number of hydrogen-bond acceptors (Lipinski definition) is 5. The van der Waals surface area contributed by atoms with Crippen LogP contribution in [0.15, 0.2) is 12.4 Å². The van der Waals surface area contributed by atoms with Gasteiger partial charge in [-0.15, -0.1) is 0 Å². The van der Waals surface area contributed by atoms with E-state index in [0.29, 0.717) is 38.0 Å². The number of aromatic nitrogens is 2. The third kappa shape index (κ3) is 2.84. The van der Waals surface area contributed by atoms with Gasteiger partial charge in [-0.25, -0.2) is 8.42 Å². The maximum atomic E-state index is 12.6. The lowest BCUT2D eigenvalue weighted by atomic mass is 9.83. The van der Waals surface area contributed by atoms with Crippen LogP contribution in [0.4, 0.5) is 0 Å². The molecular weight excluding hydrogens is 332 g/mol. The first-order valence-electron chi connectivity index (χ1n) is 8.25. The highest BCUT2D eigenvalue weighted by Gasteiger charge is 2.53. The second-order valence-corrected chi connectivity index (χ2v) is 8.55. The monoisotopic (exact) mass is 356 g/mol. The standard InChI is InChI=1S/C15H24N4O4S/c1-3-18-10-12(9-16-18)14(21)17-8-6-15(13(20)11-17)5-4-7-19(15)24(2,22)23/h9-10,13,20H,3-8,11H2,1-2H3/t13-,15-/m0/s1. The molecule has 1 amide bonds. The fourth-order valence-electron chi connectivity index (χ4n) is 3.93. The van der Waals surface area contributed by atoms with E-state index in [1.807, 2.05) is 6.92 Å². The zero-order valence-corrected chi connectivity index (χ0v) is 14.9. The van der Waals surface area contributed by atoms with Gasteiger partial charge in [-0.05, 0) is 26.2 Å². The molecule has 2 fully saturated rings. The van der Waals surface area contributed by atoms with E-state index in [2.05, 4.69) is 5.10 Å². The van der Waals surface area contributed by atoms with Crippen molar-refractivity contribution in [2.45, 2.75) is 44.4 Å². The molecule has 2 aliphatic rings. The van der Waals surface area contributed by atoms with Crippen molar-refractivity contribution in [3.8, 4) is 0 Å². The summed E-state index contributed by atoms with van der Waals surface area (Å²) in [4.78, 5) is 14.2. The molecule has 2 saturated heterocycles. The Morgan fingerprint density at radius 3 is 2.75 bits per heavy atom. The minimum atomic E-state index is -3.38. The summed E-state index contributed by atoms with van der Waals surface area (Å²) in [5.41, 5.74) is -0.274. The highest BCUT2D eigenvalue weighted by Crippen LogP contribution is 2.40. The van der Waals surface area contributed by atoms with Crippen molar-refractivity contribution in [3.05, 3.63) is 18.0 Å². The fourth-order valence-corrected chi connectivity index (χ4v) is 5.36. The van der Waals surface area contributed by atoms with Crippen LogP contribution >= 0.6 is 0 Å². The van der Waals surface area contributed by atoms with Gasteiger partial charge in [-0.3, -0.25) is 9.48 Å². The molecule has 8 nitrogen and oxygen atoms in total. The molecule has 3 rings (SSSR count). The summed E-state index contributed by atoms with van der Waals surface area (Å²) in [5.74, 6) is -0.174. The van der Waals surface area contributed by atoms with E-state index in [0.717, 1.165) is 6.42 Å². The predicted octanol–water partition coefficient (Wildman–Crippen LogP) is -0.0960. The lowest BCUT2D eigenvalue weighted by Crippen LogP contribution is -2.63. The van der Waals surface area contributed by atoms with E-state index < -0.39 is 21.7 Å². The smallest absolute Gasteiger partial charge is 0.257 e. The Morgan fingerprint density at radius 1 is 1.42 bits per heavy atom. The number of piperidine rings is 1. The number of carbonyl (C=O) groups is 1. The van der Waals surface area contributed by atoms with Gasteiger partial charge in [0.1, 0.15) is 0 Å². The number of amides is 1. The topological polar surface area (TPSA) is 95.7 Å². The number of aryl methyl sites for hydroxylation is 1. The summed E-state index contributed by atoms with van der Waals surface area (Å²) in [7, 11) is -3.38. The Bertz CT molecular complexity index is 732. The van der Waals surface area contributed by atoms with Crippen LogP contribution in [0, 0.1) is 0 Å². The van der Waals surface area contributed by atoms with Crippen LogP contribution in [-0.4, -0.2) is 76.0 Å². The summed E-state index contributed by atoms with van der Waals surface area (Å²) in [6.07, 6.45) is 5.35. The first kappa shape index (κ1) is 17.4. The number of nitrogens with zero attached hydrogens (tertiary/aromatic N) is 4. The number of rotatable bonds is 3. The zero-order valence-electron chi connectivity index (χ0n) is 14.1. The predicted molar refractivity (Wildman–Crippen MR) is 87.9 cm³/mol. The van der Waals surface area contributed by atoms with Gasteiger partial charge in [0.2, 0.25) is 10.0 Å². The lowest BCUT2D eigenvalue weighted by Gasteiger charge is -2.47. The van der Waals surface area contributed by atoms with Crippen LogP contribution in [-0.2, 0) is 16.6 Å². The second kappa shape index (κ2) is 6.12. The van der Waals surface area contributed by atoms with E-state index in [-0.39, 0.29) is 12.5 Å². The Kier molecular flexibility index (Phi) is 4.43. The zero-order chi connectivity index (χ0) is 17.5. The van der Waals surface area contributed by atoms with Gasteiger partial charge in [0.25, 0.3) is 5.91 Å². The Balaban J connectivity index is 1.76. The Hall–Kier alpha value is -1.45. The number of aliphatic hydroxyl groups is 1. The van der Waals surface area contributed by atoms with Gasteiger partial charge in [0, 0.05) is 32.4 Å². The number of sulfonamides is 1. The van der Waals surface area contributed by atoms with Gasteiger partial charge >= 0.3 is 0 Å². The molecule has 2 atom stereocenters. The molecule has 2 aliphatic heterocycles. The van der Waals surface area contributed by atoms with Crippen molar-refractivity contribution in [3.63, 3.8) is 0 Å². The SMILES string of the molecule is CCn1cc(C(=O)N2CC[C@@]3(CCCN3S(C)(=O)=O)[C@@H](O)C2)cn1. The summed E-state index contributed by atoms with van der Waals surface area (Å²) in [5, 5.41) is 14.8. The molecule has 24 heavy (non-hydrogen) atoms. The molecule has 0 aliphatic carbocycles. The van der Waals surface area contributed by atoms with Gasteiger partial charge in [-0.2, -0.15) is 9.40 Å². The molecule has 3 heterocycles. The molecule has 0 aromatic carbocycles. The average molecular weight is 356 g/mol. The van der Waals surface area contributed by atoms with Crippen LogP contribution in [0.2, 0.25) is 0 Å². The summed E-state index contributed by atoms with van der Waals surface area (Å²) in [6.45, 7) is 3.63. The molecule has 0 radical (unpaired) electrons. The largest absolute Gasteiger partial charge is 0.389 e. The van der Waals surface area contributed by atoms with Gasteiger partial charge < -0.3 is 10.0 Å². The number of β-amino-alcohol motifs (C(OH)–C–C–N with tert-alkyl or cyclic N) is 1. The highest BCUT2D eigenvalue weighted by atomic mass is 32.2. The third-order valence-corrected chi connectivity index (χ3v) is 6.53. The van der Waals surface area contributed by atoms with Crippen LogP contribution in [0.5, 0.6) is 0 Å². The van der Waals surface area contributed by atoms with E-state index in [1.165, 1.54) is 16.8 Å². The highest BCUT2D eigenvalue weighted by molar-refractivity contribution is 7.88. The number of hydrogen-bond donors (Lipinski definition) is 1. The second-order valence-electron chi connectivity index (χ2n) is 6.64. The molecular formula is C15H24N4O4S. The van der Waals surface area contributed by atoms with E-state index in [1.54, 1.807) is 15.8 Å². The van der Waals surface area contributed by atoms with Crippen molar-refractivity contribution in [1.82, 2.24) is 19.0 Å². The minimum absolute atomic E-state index is 0.141. The summed E-state index contributed by atoms with van der Waals surface area (Å²) < 4.78 is 27.2. The molecule has 9 heteroatoms. The molecule has 1 aromatic rings. The Morgan fingerprint density at radius 2 is 2.17 bits per heavy atom. The van der Waals surface area contributed by atoms with Crippen LogP contribution in [0.3, 0.4) is 0 Å². The first-order valence-corrected chi connectivity index (χ1v) is 10.1. The minimum Gasteiger partial charge on any atom is -0.389 e. The molecule has 0 unspecified atom stereocenters. The van der Waals surface area contributed by atoms with Crippen molar-refractivity contribution in [2.75, 3.05) is 25.9 Å². The maximum absolute atomic E-state index is 12.6. The van der Waals surface area contributed by atoms with E-state index in [4.69, 9.17) is 0 Å². The molecule has 0 saturated carbocycles. The lowest BCUT2D eigenvalue weighted by molar-refractivity contribution is -0.0292. The third-order valence-electron chi connectivity index (χ3n) is 5.19.